The summed E-state index contributed by atoms with van der Waals surface area (Å²) in [6.07, 6.45) is 2.85. The third kappa shape index (κ3) is 6.62. The summed E-state index contributed by atoms with van der Waals surface area (Å²) < 4.78 is 17.3. The van der Waals surface area contributed by atoms with Crippen LogP contribution in [0.3, 0.4) is 0 Å². The van der Waals surface area contributed by atoms with E-state index in [1.54, 1.807) is 49.6 Å². The van der Waals surface area contributed by atoms with E-state index in [4.69, 9.17) is 49.0 Å². The SMILES string of the molecule is COc1ccc(-c2nc3cc(C(C)C)ccc3o2)cc1NC(=S)NC(=O)/C=C/c1ccc(-c2ccc(Cl)cc2Cl)o1. The van der Waals surface area contributed by atoms with E-state index >= 15 is 0 Å². The summed E-state index contributed by atoms with van der Waals surface area (Å²) in [7, 11) is 1.55. The van der Waals surface area contributed by atoms with Gasteiger partial charge in [0, 0.05) is 22.2 Å². The lowest BCUT2D eigenvalue weighted by Gasteiger charge is -2.13. The Kier molecular flexibility index (Phi) is 8.44. The highest BCUT2D eigenvalue weighted by molar-refractivity contribution is 7.80. The van der Waals surface area contributed by atoms with Crippen molar-refractivity contribution in [2.45, 2.75) is 19.8 Å². The van der Waals surface area contributed by atoms with E-state index in [1.807, 2.05) is 24.3 Å². The van der Waals surface area contributed by atoms with Gasteiger partial charge in [-0.25, -0.2) is 4.98 Å². The van der Waals surface area contributed by atoms with Crippen molar-refractivity contribution in [2.75, 3.05) is 12.4 Å². The van der Waals surface area contributed by atoms with Gasteiger partial charge in [-0.05, 0) is 90.4 Å². The molecule has 2 aromatic heterocycles. The molecule has 208 valence electrons. The van der Waals surface area contributed by atoms with Gasteiger partial charge in [-0.15, -0.1) is 0 Å². The Morgan fingerprint density at radius 1 is 1.02 bits per heavy atom. The van der Waals surface area contributed by atoms with Crippen LogP contribution >= 0.6 is 35.4 Å². The molecule has 0 unspecified atom stereocenters. The number of benzene rings is 3. The molecule has 0 radical (unpaired) electrons. The number of amides is 1. The van der Waals surface area contributed by atoms with Crippen LogP contribution in [0.4, 0.5) is 5.69 Å². The number of aromatic nitrogens is 1. The first-order valence-electron chi connectivity index (χ1n) is 12.6. The van der Waals surface area contributed by atoms with Gasteiger partial charge in [-0.2, -0.15) is 0 Å². The Balaban J connectivity index is 1.26. The standard InChI is InChI=1S/C31H25Cl2N3O4S/c1-17(2)18-4-11-28-25(14-18)34-30(40-28)19-5-10-27(38-3)24(15-19)35-31(41)36-29(37)13-8-21-7-12-26(39-21)22-9-6-20(32)16-23(22)33/h4-17H,1-3H3,(H2,35,36,37,41)/b13-8+. The molecule has 0 bridgehead atoms. The van der Waals surface area contributed by atoms with Gasteiger partial charge < -0.3 is 18.9 Å². The molecule has 3 aromatic carbocycles. The number of nitrogens with zero attached hydrogens (tertiary/aromatic N) is 1. The van der Waals surface area contributed by atoms with Gasteiger partial charge in [0.15, 0.2) is 10.7 Å². The number of hydrogen-bond acceptors (Lipinski definition) is 6. The van der Waals surface area contributed by atoms with E-state index in [0.29, 0.717) is 56.0 Å². The highest BCUT2D eigenvalue weighted by atomic mass is 35.5. The number of hydrogen-bond donors (Lipinski definition) is 2. The van der Waals surface area contributed by atoms with Gasteiger partial charge in [0.25, 0.3) is 0 Å². The van der Waals surface area contributed by atoms with Crippen LogP contribution in [-0.2, 0) is 4.79 Å². The van der Waals surface area contributed by atoms with Crippen molar-refractivity contribution in [3.63, 3.8) is 0 Å². The monoisotopic (exact) mass is 605 g/mol. The fraction of sp³-hybridized carbons (Fsp3) is 0.129. The number of oxazole rings is 1. The first-order valence-corrected chi connectivity index (χ1v) is 13.8. The minimum atomic E-state index is -0.444. The Labute approximate surface area is 252 Å². The molecule has 10 heteroatoms. The van der Waals surface area contributed by atoms with E-state index < -0.39 is 5.91 Å². The number of halogens is 2. The smallest absolute Gasteiger partial charge is 0.250 e. The molecular formula is C31H25Cl2N3O4S. The van der Waals surface area contributed by atoms with Crippen LogP contribution in [0, 0.1) is 0 Å². The number of carbonyl (C=O) groups is 1. The second-order valence-corrected chi connectivity index (χ2v) is 10.7. The Hall–Kier alpha value is -4.11. The highest BCUT2D eigenvalue weighted by Gasteiger charge is 2.14. The third-order valence-corrected chi connectivity index (χ3v) is 6.98. The summed E-state index contributed by atoms with van der Waals surface area (Å²) in [6, 6.07) is 20.0. The molecular weight excluding hydrogens is 581 g/mol. The topological polar surface area (TPSA) is 89.5 Å². The van der Waals surface area contributed by atoms with E-state index in [9.17, 15) is 4.79 Å². The largest absolute Gasteiger partial charge is 0.495 e. The van der Waals surface area contributed by atoms with Crippen LogP contribution in [0.25, 0.3) is 40.0 Å². The van der Waals surface area contributed by atoms with E-state index in [1.165, 1.54) is 17.7 Å². The molecule has 0 aliphatic heterocycles. The number of rotatable bonds is 7. The number of nitrogens with one attached hydrogen (secondary N) is 2. The summed E-state index contributed by atoms with van der Waals surface area (Å²) >= 11 is 17.6. The van der Waals surface area contributed by atoms with Gasteiger partial charge in [-0.3, -0.25) is 10.1 Å². The molecule has 7 nitrogen and oxygen atoms in total. The predicted molar refractivity (Wildman–Crippen MR) is 168 cm³/mol. The maximum atomic E-state index is 12.5. The Morgan fingerprint density at radius 3 is 2.61 bits per heavy atom. The number of methoxy groups -OCH3 is 1. The molecule has 0 aliphatic rings. The zero-order chi connectivity index (χ0) is 29.1. The zero-order valence-corrected chi connectivity index (χ0v) is 24.7. The molecule has 2 heterocycles. The summed E-state index contributed by atoms with van der Waals surface area (Å²) in [4.78, 5) is 17.2. The third-order valence-electron chi connectivity index (χ3n) is 6.23. The summed E-state index contributed by atoms with van der Waals surface area (Å²) in [5, 5.41) is 6.72. The van der Waals surface area contributed by atoms with Crippen molar-refractivity contribution in [1.82, 2.24) is 10.3 Å². The van der Waals surface area contributed by atoms with Crippen molar-refractivity contribution >= 4 is 69.3 Å². The van der Waals surface area contributed by atoms with Crippen molar-refractivity contribution in [3.05, 3.63) is 94.2 Å². The maximum Gasteiger partial charge on any atom is 0.250 e. The lowest BCUT2D eigenvalue weighted by Crippen LogP contribution is -2.32. The van der Waals surface area contributed by atoms with E-state index in [0.717, 1.165) is 11.1 Å². The lowest BCUT2D eigenvalue weighted by molar-refractivity contribution is -0.115. The van der Waals surface area contributed by atoms with Crippen LogP contribution in [-0.4, -0.2) is 23.1 Å². The predicted octanol–water partition coefficient (Wildman–Crippen LogP) is 8.72. The van der Waals surface area contributed by atoms with Crippen LogP contribution in [0.5, 0.6) is 5.75 Å². The lowest BCUT2D eigenvalue weighted by atomic mass is 10.0. The maximum absolute atomic E-state index is 12.5. The minimum Gasteiger partial charge on any atom is -0.495 e. The van der Waals surface area contributed by atoms with E-state index in [-0.39, 0.29) is 5.11 Å². The van der Waals surface area contributed by atoms with Crippen LogP contribution < -0.4 is 15.4 Å². The number of furan rings is 1. The van der Waals surface area contributed by atoms with Gasteiger partial charge in [-0.1, -0.05) is 43.1 Å². The molecule has 0 aliphatic carbocycles. The van der Waals surface area contributed by atoms with Crippen LogP contribution in [0.2, 0.25) is 10.0 Å². The molecule has 0 saturated heterocycles. The normalized spacial score (nSPS) is 11.4. The molecule has 5 aromatic rings. The second kappa shape index (κ2) is 12.2. The van der Waals surface area contributed by atoms with Gasteiger partial charge in [0.1, 0.15) is 22.8 Å². The van der Waals surface area contributed by atoms with Crippen LogP contribution in [0.15, 0.2) is 81.6 Å². The Bertz CT molecular complexity index is 1790. The average Bonchev–Trinajstić information content (AvgIpc) is 3.58. The fourth-order valence-electron chi connectivity index (χ4n) is 4.11. The number of carbonyl (C=O) groups excluding carboxylic acids is 1. The fourth-order valence-corrected chi connectivity index (χ4v) is 4.82. The summed E-state index contributed by atoms with van der Waals surface area (Å²) in [5.41, 5.74) is 4.62. The van der Waals surface area contributed by atoms with Gasteiger partial charge >= 0.3 is 0 Å². The average molecular weight is 607 g/mol. The number of thiocarbonyl (C=S) groups is 1. The number of anilines is 1. The second-order valence-electron chi connectivity index (χ2n) is 9.42. The minimum absolute atomic E-state index is 0.0855. The van der Waals surface area contributed by atoms with Crippen molar-refractivity contribution < 1.29 is 18.4 Å². The first kappa shape index (κ1) is 28.4. The number of ether oxygens (including phenoxy) is 1. The van der Waals surface area contributed by atoms with Gasteiger partial charge in [0.05, 0.1) is 17.8 Å². The molecule has 1 amide bonds. The summed E-state index contributed by atoms with van der Waals surface area (Å²) in [6.45, 7) is 4.26. The van der Waals surface area contributed by atoms with E-state index in [2.05, 4.69) is 29.5 Å². The molecule has 0 saturated carbocycles. The molecule has 41 heavy (non-hydrogen) atoms. The molecule has 0 atom stereocenters. The van der Waals surface area contributed by atoms with Crippen molar-refractivity contribution in [3.8, 4) is 28.5 Å². The summed E-state index contributed by atoms with van der Waals surface area (Å²) in [5.74, 6) is 1.95. The number of fused-ring (bicyclic) bond motifs is 1. The zero-order valence-electron chi connectivity index (χ0n) is 22.3. The Morgan fingerprint density at radius 2 is 1.85 bits per heavy atom. The first-order chi connectivity index (χ1) is 19.7. The molecule has 5 rings (SSSR count). The van der Waals surface area contributed by atoms with Crippen molar-refractivity contribution in [1.29, 1.82) is 0 Å². The molecule has 0 fully saturated rings. The van der Waals surface area contributed by atoms with Crippen LogP contribution in [0.1, 0.15) is 31.1 Å². The quantitative estimate of drug-likeness (QED) is 0.141. The molecule has 0 spiro atoms. The molecule has 2 N–H and O–H groups in total. The van der Waals surface area contributed by atoms with Crippen molar-refractivity contribution in [2.24, 2.45) is 0 Å². The van der Waals surface area contributed by atoms with Gasteiger partial charge in [0.2, 0.25) is 11.8 Å². The highest BCUT2D eigenvalue weighted by Crippen LogP contribution is 2.33.